The lowest BCUT2D eigenvalue weighted by Gasteiger charge is -2.14. The van der Waals surface area contributed by atoms with E-state index in [1.807, 2.05) is 12.2 Å². The molecule has 0 spiro atoms. The minimum Gasteiger partial charge on any atom is -0.347 e. The Balaban J connectivity index is 1.82. The predicted octanol–water partition coefficient (Wildman–Crippen LogP) is 0.861. The number of imidazole rings is 1. The molecule has 1 aliphatic carbocycles. The summed E-state index contributed by atoms with van der Waals surface area (Å²) in [7, 11) is 0. The highest BCUT2D eigenvalue weighted by Gasteiger charge is 2.47. The second-order valence-electron chi connectivity index (χ2n) is 4.45. The van der Waals surface area contributed by atoms with Gasteiger partial charge in [-0.05, 0) is 12.8 Å². The molecule has 2 aliphatic rings. The van der Waals surface area contributed by atoms with E-state index >= 15 is 0 Å². The molecule has 1 saturated heterocycles. The summed E-state index contributed by atoms with van der Waals surface area (Å²) in [6.07, 6.45) is 8.66. The van der Waals surface area contributed by atoms with Crippen molar-refractivity contribution in [2.24, 2.45) is 11.8 Å². The van der Waals surface area contributed by atoms with Gasteiger partial charge in [0.05, 0.1) is 18.4 Å². The van der Waals surface area contributed by atoms with E-state index in [2.05, 4.69) is 9.97 Å². The van der Waals surface area contributed by atoms with Crippen LogP contribution in [0.5, 0.6) is 0 Å². The normalized spacial score (nSPS) is 27.6. The minimum atomic E-state index is -0.150. The molecule has 0 aromatic carbocycles. The molecule has 2 amide bonds. The van der Waals surface area contributed by atoms with E-state index in [1.165, 1.54) is 4.90 Å². The third kappa shape index (κ3) is 1.58. The molecule has 2 atom stereocenters. The topological polar surface area (TPSA) is 66.1 Å². The van der Waals surface area contributed by atoms with Crippen LogP contribution in [0.25, 0.3) is 0 Å². The number of carbonyl (C=O) groups excluding carboxylic acids is 2. The van der Waals surface area contributed by atoms with Gasteiger partial charge < -0.3 is 4.98 Å². The van der Waals surface area contributed by atoms with Crippen molar-refractivity contribution < 1.29 is 9.59 Å². The molecule has 5 heteroatoms. The number of fused-ring (bicyclic) bond motifs is 1. The smallest absolute Gasteiger partial charge is 0.233 e. The van der Waals surface area contributed by atoms with Crippen LogP contribution in [0.3, 0.4) is 0 Å². The van der Waals surface area contributed by atoms with Gasteiger partial charge in [0.15, 0.2) is 0 Å². The first kappa shape index (κ1) is 10.3. The van der Waals surface area contributed by atoms with Gasteiger partial charge in [0, 0.05) is 12.4 Å². The molecule has 0 bridgehead atoms. The van der Waals surface area contributed by atoms with Crippen LogP contribution in [0.4, 0.5) is 0 Å². The maximum atomic E-state index is 12.1. The standard InChI is InChI=1S/C12H13N3O2/c16-11-8-3-1-2-4-9(8)12(17)15(11)7-10-13-5-6-14-10/h1-2,5-6,8-9H,3-4,7H2,(H,13,14)/t8-,9+. The fourth-order valence-electron chi connectivity index (χ4n) is 2.56. The van der Waals surface area contributed by atoms with Crippen LogP contribution in [0.15, 0.2) is 24.5 Å². The Hall–Kier alpha value is -1.91. The number of amides is 2. The van der Waals surface area contributed by atoms with E-state index in [0.29, 0.717) is 18.7 Å². The lowest BCUT2D eigenvalue weighted by atomic mass is 9.85. The van der Waals surface area contributed by atoms with Gasteiger partial charge in [0.2, 0.25) is 11.8 Å². The number of likely N-dealkylation sites (tertiary alicyclic amines) is 1. The maximum absolute atomic E-state index is 12.1. The first-order valence-electron chi connectivity index (χ1n) is 5.76. The van der Waals surface area contributed by atoms with Crippen molar-refractivity contribution in [2.45, 2.75) is 19.4 Å². The van der Waals surface area contributed by atoms with Crippen molar-refractivity contribution in [3.63, 3.8) is 0 Å². The molecule has 1 aliphatic heterocycles. The largest absolute Gasteiger partial charge is 0.347 e. The zero-order chi connectivity index (χ0) is 11.8. The van der Waals surface area contributed by atoms with E-state index in [4.69, 9.17) is 0 Å². The highest BCUT2D eigenvalue weighted by Crippen LogP contribution is 2.35. The maximum Gasteiger partial charge on any atom is 0.233 e. The monoisotopic (exact) mass is 231 g/mol. The van der Waals surface area contributed by atoms with Crippen molar-refractivity contribution in [3.8, 4) is 0 Å². The average Bonchev–Trinajstić information content (AvgIpc) is 2.94. The lowest BCUT2D eigenvalue weighted by Crippen LogP contribution is -2.30. The minimum absolute atomic E-state index is 0.0549. The van der Waals surface area contributed by atoms with Crippen molar-refractivity contribution in [1.82, 2.24) is 14.9 Å². The van der Waals surface area contributed by atoms with Crippen LogP contribution in [0.2, 0.25) is 0 Å². The number of allylic oxidation sites excluding steroid dienone is 2. The van der Waals surface area contributed by atoms with Crippen LogP contribution in [-0.2, 0) is 16.1 Å². The van der Waals surface area contributed by atoms with E-state index in [9.17, 15) is 9.59 Å². The summed E-state index contributed by atoms with van der Waals surface area (Å²) in [5.74, 6) is 0.240. The second-order valence-corrected chi connectivity index (χ2v) is 4.45. The Morgan fingerprint density at radius 3 is 2.41 bits per heavy atom. The predicted molar refractivity (Wildman–Crippen MR) is 59.5 cm³/mol. The summed E-state index contributed by atoms with van der Waals surface area (Å²) in [6, 6.07) is 0. The van der Waals surface area contributed by atoms with Gasteiger partial charge in [-0.1, -0.05) is 12.2 Å². The molecule has 2 heterocycles. The Bertz CT molecular complexity index is 452. The van der Waals surface area contributed by atoms with Crippen molar-refractivity contribution >= 4 is 11.8 Å². The highest BCUT2D eigenvalue weighted by atomic mass is 16.2. The first-order chi connectivity index (χ1) is 8.27. The number of nitrogens with zero attached hydrogens (tertiary/aromatic N) is 2. The number of aromatic amines is 1. The molecule has 1 N–H and O–H groups in total. The molecule has 88 valence electrons. The zero-order valence-electron chi connectivity index (χ0n) is 9.30. The van der Waals surface area contributed by atoms with Crippen molar-refractivity contribution in [2.75, 3.05) is 0 Å². The molecule has 1 aromatic heterocycles. The Morgan fingerprint density at radius 1 is 1.24 bits per heavy atom. The fraction of sp³-hybridized carbons (Fsp3) is 0.417. The number of aromatic nitrogens is 2. The van der Waals surface area contributed by atoms with Gasteiger partial charge in [0.1, 0.15) is 5.82 Å². The molecule has 0 radical (unpaired) electrons. The Kier molecular flexibility index (Phi) is 2.31. The van der Waals surface area contributed by atoms with Crippen LogP contribution < -0.4 is 0 Å². The van der Waals surface area contributed by atoms with Crippen LogP contribution in [0, 0.1) is 11.8 Å². The van der Waals surface area contributed by atoms with Gasteiger partial charge in [-0.3, -0.25) is 14.5 Å². The molecule has 5 nitrogen and oxygen atoms in total. The number of rotatable bonds is 2. The Labute approximate surface area is 98.5 Å². The summed E-state index contributed by atoms with van der Waals surface area (Å²) in [5, 5.41) is 0. The molecular formula is C12H13N3O2. The van der Waals surface area contributed by atoms with E-state index < -0.39 is 0 Å². The molecule has 1 aromatic rings. The quantitative estimate of drug-likeness (QED) is 0.606. The molecule has 0 unspecified atom stereocenters. The number of hydrogen-bond donors (Lipinski definition) is 1. The highest BCUT2D eigenvalue weighted by molar-refractivity contribution is 6.05. The number of imide groups is 1. The van der Waals surface area contributed by atoms with Gasteiger partial charge in [-0.15, -0.1) is 0 Å². The van der Waals surface area contributed by atoms with Gasteiger partial charge in [0.25, 0.3) is 0 Å². The van der Waals surface area contributed by atoms with E-state index in [-0.39, 0.29) is 30.2 Å². The third-order valence-corrected chi connectivity index (χ3v) is 3.46. The molecule has 17 heavy (non-hydrogen) atoms. The lowest BCUT2D eigenvalue weighted by molar-refractivity contribution is -0.140. The molecule has 0 saturated carbocycles. The summed E-state index contributed by atoms with van der Waals surface area (Å²) in [5.41, 5.74) is 0. The second kappa shape index (κ2) is 3.84. The fourth-order valence-corrected chi connectivity index (χ4v) is 2.56. The summed E-state index contributed by atoms with van der Waals surface area (Å²) in [4.78, 5) is 32.5. The summed E-state index contributed by atoms with van der Waals surface area (Å²) >= 11 is 0. The van der Waals surface area contributed by atoms with Crippen molar-refractivity contribution in [1.29, 1.82) is 0 Å². The number of hydrogen-bond acceptors (Lipinski definition) is 3. The van der Waals surface area contributed by atoms with Crippen molar-refractivity contribution in [3.05, 3.63) is 30.4 Å². The van der Waals surface area contributed by atoms with E-state index in [1.54, 1.807) is 12.4 Å². The molecular weight excluding hydrogens is 218 g/mol. The first-order valence-corrected chi connectivity index (χ1v) is 5.76. The average molecular weight is 231 g/mol. The van der Waals surface area contributed by atoms with Gasteiger partial charge >= 0.3 is 0 Å². The molecule has 1 fully saturated rings. The van der Waals surface area contributed by atoms with Crippen LogP contribution in [0.1, 0.15) is 18.7 Å². The number of H-pyrrole nitrogens is 1. The number of nitrogens with one attached hydrogen (secondary N) is 1. The SMILES string of the molecule is O=C1[C@H]2CC=CC[C@H]2C(=O)N1Cc1ncc[nH]1. The third-order valence-electron chi connectivity index (χ3n) is 3.46. The van der Waals surface area contributed by atoms with Gasteiger partial charge in [-0.25, -0.2) is 4.98 Å². The summed E-state index contributed by atoms with van der Waals surface area (Å²) < 4.78 is 0. The van der Waals surface area contributed by atoms with Gasteiger partial charge in [-0.2, -0.15) is 0 Å². The van der Waals surface area contributed by atoms with Crippen LogP contribution >= 0.6 is 0 Å². The summed E-state index contributed by atoms with van der Waals surface area (Å²) in [6.45, 7) is 0.262. The zero-order valence-corrected chi connectivity index (χ0v) is 9.30. The number of carbonyl (C=O) groups is 2. The Morgan fingerprint density at radius 2 is 1.88 bits per heavy atom. The van der Waals surface area contributed by atoms with E-state index in [0.717, 1.165) is 0 Å². The van der Waals surface area contributed by atoms with Crippen LogP contribution in [-0.4, -0.2) is 26.7 Å². The molecule has 3 rings (SSSR count).